The van der Waals surface area contributed by atoms with Gasteiger partial charge in [-0.15, -0.1) is 24.8 Å². The van der Waals surface area contributed by atoms with Crippen LogP contribution in [0.4, 0.5) is 0 Å². The first kappa shape index (κ1) is 24.1. The molecule has 0 aliphatic heterocycles. The summed E-state index contributed by atoms with van der Waals surface area (Å²) in [5.74, 6) is 0. The van der Waals surface area contributed by atoms with Gasteiger partial charge >= 0.3 is 0 Å². The van der Waals surface area contributed by atoms with Crippen molar-refractivity contribution < 1.29 is 25.8 Å². The molecule has 24 heavy (non-hydrogen) atoms. The minimum atomic E-state index is -1.66. The monoisotopic (exact) mass is 547 g/mol. The number of rotatable bonds is 2. The average Bonchev–Trinajstić information content (AvgIpc) is 2.74. The molecule has 1 aliphatic carbocycles. The molecule has 0 saturated heterocycles. The summed E-state index contributed by atoms with van der Waals surface area (Å²) < 4.78 is 0. The summed E-state index contributed by atoms with van der Waals surface area (Å²) in [6.07, 6.45) is 1.09. The molecule has 130 valence electrons. The summed E-state index contributed by atoms with van der Waals surface area (Å²) in [6, 6.07) is 15.7. The SMILES string of the molecule is CC(C)(C)N[Si](C)(C)c1cccc2c1Cc1ccccc1-2.Cl.Cl.[Hf]. The second kappa shape index (κ2) is 8.63. The summed E-state index contributed by atoms with van der Waals surface area (Å²) in [5, 5.41) is 1.56. The molecule has 0 spiro atoms. The molecule has 0 amide bonds. The van der Waals surface area contributed by atoms with Gasteiger partial charge in [0.15, 0.2) is 8.24 Å². The fraction of sp³-hybridized carbons (Fsp3) is 0.368. The first-order valence-corrected chi connectivity index (χ1v) is 10.8. The van der Waals surface area contributed by atoms with E-state index in [1.54, 1.807) is 10.8 Å². The maximum atomic E-state index is 3.91. The topological polar surface area (TPSA) is 12.0 Å². The van der Waals surface area contributed by atoms with E-state index in [1.807, 2.05) is 0 Å². The Morgan fingerprint density at radius 1 is 0.875 bits per heavy atom. The van der Waals surface area contributed by atoms with Crippen molar-refractivity contribution in [2.75, 3.05) is 0 Å². The Hall–Kier alpha value is 0.0670. The molecule has 3 rings (SSSR count). The zero-order valence-corrected chi connectivity index (χ0v) is 21.3. The molecule has 0 bridgehead atoms. The fourth-order valence-corrected chi connectivity index (χ4v) is 7.25. The summed E-state index contributed by atoms with van der Waals surface area (Å²) in [6.45, 7) is 11.6. The van der Waals surface area contributed by atoms with Gasteiger partial charge in [0.2, 0.25) is 0 Å². The van der Waals surface area contributed by atoms with Crippen LogP contribution in [-0.4, -0.2) is 13.8 Å². The summed E-state index contributed by atoms with van der Waals surface area (Å²) in [7, 11) is -1.66. The van der Waals surface area contributed by atoms with E-state index in [9.17, 15) is 0 Å². The molecule has 0 aromatic heterocycles. The standard InChI is InChI=1S/C19H25NSi.2ClH.Hf/c1-19(2,3)20-21(4,5)18-12-8-11-16-15-10-7-6-9-14(15)13-17(16)18;;;/h6-12,20H,13H2,1-5H3;2*1H;. The van der Waals surface area contributed by atoms with Gasteiger partial charge in [0.05, 0.1) is 0 Å². The zero-order valence-electron chi connectivity index (χ0n) is 15.1. The van der Waals surface area contributed by atoms with Crippen LogP contribution >= 0.6 is 24.8 Å². The van der Waals surface area contributed by atoms with Crippen molar-refractivity contribution >= 4 is 38.2 Å². The van der Waals surface area contributed by atoms with Crippen molar-refractivity contribution in [3.63, 3.8) is 0 Å². The normalized spacial score (nSPS) is 12.2. The largest absolute Gasteiger partial charge is 0.329 e. The van der Waals surface area contributed by atoms with E-state index in [1.165, 1.54) is 16.7 Å². The molecule has 5 heteroatoms. The number of fused-ring (bicyclic) bond motifs is 3. The van der Waals surface area contributed by atoms with Crippen LogP contribution in [0.25, 0.3) is 11.1 Å². The van der Waals surface area contributed by atoms with Gasteiger partial charge in [0.25, 0.3) is 0 Å². The molecule has 1 N–H and O–H groups in total. The maximum absolute atomic E-state index is 3.91. The maximum Gasteiger partial charge on any atom is 0.152 e. The quantitative estimate of drug-likeness (QED) is 0.451. The van der Waals surface area contributed by atoms with Crippen LogP contribution in [0.15, 0.2) is 42.5 Å². The van der Waals surface area contributed by atoms with E-state index in [4.69, 9.17) is 0 Å². The molecule has 1 aliphatic rings. The third kappa shape index (κ3) is 4.82. The van der Waals surface area contributed by atoms with Gasteiger partial charge < -0.3 is 4.98 Å². The molecule has 0 fully saturated rings. The van der Waals surface area contributed by atoms with Crippen LogP contribution in [0.3, 0.4) is 0 Å². The minimum absolute atomic E-state index is 0. The predicted octanol–water partition coefficient (Wildman–Crippen LogP) is 4.90. The zero-order chi connectivity index (χ0) is 15.3. The van der Waals surface area contributed by atoms with Crippen molar-refractivity contribution in [1.82, 2.24) is 4.98 Å². The molecule has 2 aromatic rings. The van der Waals surface area contributed by atoms with Gasteiger partial charge in [0.1, 0.15) is 0 Å². The van der Waals surface area contributed by atoms with Crippen molar-refractivity contribution in [3.05, 3.63) is 53.6 Å². The van der Waals surface area contributed by atoms with E-state index in [2.05, 4.69) is 81.3 Å². The van der Waals surface area contributed by atoms with Gasteiger partial charge in [-0.05, 0) is 54.6 Å². The molecule has 0 atom stereocenters. The fourth-order valence-electron chi connectivity index (χ4n) is 3.75. The molecule has 2 aromatic carbocycles. The Balaban J connectivity index is 0.00000176. The van der Waals surface area contributed by atoms with E-state index in [0.29, 0.717) is 0 Å². The first-order valence-electron chi connectivity index (χ1n) is 7.78. The van der Waals surface area contributed by atoms with Gasteiger partial charge in [-0.3, -0.25) is 0 Å². The van der Waals surface area contributed by atoms with Crippen LogP contribution in [0.2, 0.25) is 13.1 Å². The number of halogens is 2. The Kier molecular flexibility index (Phi) is 8.66. The Labute approximate surface area is 178 Å². The van der Waals surface area contributed by atoms with E-state index in [-0.39, 0.29) is 56.2 Å². The van der Waals surface area contributed by atoms with Gasteiger partial charge in [-0.1, -0.05) is 55.6 Å². The molecule has 0 heterocycles. The van der Waals surface area contributed by atoms with Crippen molar-refractivity contribution in [2.45, 2.75) is 45.8 Å². The van der Waals surface area contributed by atoms with Crippen LogP contribution in [0, 0.1) is 0 Å². The van der Waals surface area contributed by atoms with Gasteiger partial charge in [-0.25, -0.2) is 0 Å². The molecular weight excluding hydrogens is 520 g/mol. The predicted molar refractivity (Wildman–Crippen MR) is 109 cm³/mol. The average molecular weight is 547 g/mol. The Morgan fingerprint density at radius 3 is 2.08 bits per heavy atom. The van der Waals surface area contributed by atoms with Crippen LogP contribution in [-0.2, 0) is 32.3 Å². The Morgan fingerprint density at radius 2 is 1.46 bits per heavy atom. The van der Waals surface area contributed by atoms with Crippen molar-refractivity contribution in [1.29, 1.82) is 0 Å². The number of hydrogen-bond acceptors (Lipinski definition) is 1. The summed E-state index contributed by atoms with van der Waals surface area (Å²) in [5.41, 5.74) is 6.05. The number of nitrogens with one attached hydrogen (secondary N) is 1. The number of benzene rings is 2. The second-order valence-corrected chi connectivity index (χ2v) is 11.7. The van der Waals surface area contributed by atoms with E-state index in [0.717, 1.165) is 6.42 Å². The minimum Gasteiger partial charge on any atom is -0.329 e. The molecular formula is C19H27Cl2HfNSi. The molecule has 0 saturated carbocycles. The second-order valence-electron chi connectivity index (χ2n) is 7.67. The third-order valence-corrected chi connectivity index (χ3v) is 7.40. The third-order valence-electron chi connectivity index (χ3n) is 4.21. The van der Waals surface area contributed by atoms with Crippen molar-refractivity contribution in [3.8, 4) is 11.1 Å². The van der Waals surface area contributed by atoms with Crippen LogP contribution < -0.4 is 10.2 Å². The Bertz CT molecular complexity index is 696. The van der Waals surface area contributed by atoms with Gasteiger partial charge in [-0.2, -0.15) is 0 Å². The summed E-state index contributed by atoms with van der Waals surface area (Å²) >= 11 is 0. The molecule has 0 unspecified atom stereocenters. The van der Waals surface area contributed by atoms with E-state index < -0.39 is 8.24 Å². The molecule has 0 radical (unpaired) electrons. The molecule has 1 nitrogen and oxygen atoms in total. The van der Waals surface area contributed by atoms with Crippen LogP contribution in [0.5, 0.6) is 0 Å². The van der Waals surface area contributed by atoms with Gasteiger partial charge in [0, 0.05) is 31.4 Å². The van der Waals surface area contributed by atoms with Crippen LogP contribution in [0.1, 0.15) is 31.9 Å². The smallest absolute Gasteiger partial charge is 0.152 e. The van der Waals surface area contributed by atoms with E-state index >= 15 is 0 Å². The summed E-state index contributed by atoms with van der Waals surface area (Å²) in [4.78, 5) is 3.91. The first-order chi connectivity index (χ1) is 9.78. The number of hydrogen-bond donors (Lipinski definition) is 1. The van der Waals surface area contributed by atoms with Crippen molar-refractivity contribution in [2.24, 2.45) is 0 Å².